The summed E-state index contributed by atoms with van der Waals surface area (Å²) in [5.74, 6) is 11.4. The number of ether oxygens (including phenoxy) is 1. The Kier molecular flexibility index (Phi) is 14.7. The number of aliphatic hydroxyl groups excluding tert-OH is 3. The highest BCUT2D eigenvalue weighted by Crippen LogP contribution is 2.57. The molecule has 1 saturated heterocycles. The Morgan fingerprint density at radius 1 is 0.761 bits per heavy atom. The SMILES string of the molecule is O=C1CCc2cc(OC3CCCC3)c(O)c(c2)C(O)c2cc3c4cc2-c2ccccc2CC2CCC(NC2)C2C#CC(Nc5[nH]ccc5C3)C3=C(CC#CC5CCCC45C2O)c2[nH]ccc2C(CC2(O)C=Cc4c(O)cccc4CC2)C3C(=O)C1CCO. The van der Waals surface area contributed by atoms with E-state index >= 15 is 9.59 Å². The van der Waals surface area contributed by atoms with E-state index in [1.165, 1.54) is 0 Å². The summed E-state index contributed by atoms with van der Waals surface area (Å²) in [5.41, 5.74) is 9.13. The van der Waals surface area contributed by atoms with Crippen LogP contribution in [0.4, 0.5) is 5.82 Å². The lowest BCUT2D eigenvalue weighted by Gasteiger charge is -2.46. The van der Waals surface area contributed by atoms with Gasteiger partial charge in [-0.25, -0.2) is 0 Å². The van der Waals surface area contributed by atoms with E-state index in [-0.39, 0.29) is 91.1 Å². The number of aromatic nitrogens is 2. The van der Waals surface area contributed by atoms with Crippen molar-refractivity contribution in [1.29, 1.82) is 0 Å². The van der Waals surface area contributed by atoms with Gasteiger partial charge in [-0.3, -0.25) is 9.59 Å². The average Bonchev–Trinajstić information content (AvgIpc) is 1.72. The number of anilines is 1. The van der Waals surface area contributed by atoms with E-state index in [9.17, 15) is 30.6 Å². The molecular weight excluding hydrogens is 1100 g/mol. The van der Waals surface area contributed by atoms with Crippen LogP contribution in [0.3, 0.4) is 0 Å². The van der Waals surface area contributed by atoms with Gasteiger partial charge in [-0.05, 0) is 206 Å². The third kappa shape index (κ3) is 9.75. The molecular formula is C75H78N4O9. The zero-order chi connectivity index (χ0) is 60.0. The van der Waals surface area contributed by atoms with Crippen molar-refractivity contribution >= 4 is 29.0 Å². The molecule has 13 heteroatoms. The van der Waals surface area contributed by atoms with Crippen molar-refractivity contribution < 1.29 is 45.0 Å². The molecule has 3 fully saturated rings. The number of hydrogen-bond donors (Lipinski definition) is 10. The minimum atomic E-state index is -1.51. The van der Waals surface area contributed by atoms with Gasteiger partial charge in [-0.15, -0.1) is 0 Å². The normalized spacial score (nSPS) is 30.5. The fourth-order valence-corrected chi connectivity index (χ4v) is 17.6. The van der Waals surface area contributed by atoms with Gasteiger partial charge < -0.3 is 56.0 Å². The number of carbonyl (C=O) groups is 2. The number of piperidine rings is 1. The number of allylic oxidation sites excluding steroid dienone is 1. The van der Waals surface area contributed by atoms with Crippen LogP contribution in [0, 0.1) is 53.3 Å². The molecule has 2 saturated carbocycles. The standard InChI is InChI=1S/C75H78N4O9/c80-33-27-54-64(82)22-18-42-35-58(70(84)65(36-42)88-49-12-2-3-13-49)69(83)57-38-47-37-46-25-31-77-73(46)79-62-21-19-53-61-20-17-43(41-78-61)34-45-8-1-4-14-50(45)56(57)39-60(47)75(72(53)86)28-7-11-48(75)10-6-15-55-66(62)67(71(54)85)59(52-26-32-76-68(52)55)40-74(87)29-23-44-9-5-16-63(81)51(44)24-30-74/h1,4-5,8-9,14,16,24-26,30-32,35-36,38-39,43,48-49,53-54,59,61-62,67,69,72,76-81,83-84,86-87H,2-3,7,11-13,15,17-18,20,22-23,27-29,33-34,37,40-41H2. The molecule has 11 bridgehead atoms. The number of aromatic amines is 2. The highest BCUT2D eigenvalue weighted by Gasteiger charge is 2.55. The number of aromatic hydroxyl groups is 2. The van der Waals surface area contributed by atoms with E-state index in [1.54, 1.807) is 36.4 Å². The largest absolute Gasteiger partial charge is 0.507 e. The Hall–Kier alpha value is -7.62. The van der Waals surface area contributed by atoms with Gasteiger partial charge in [0, 0.05) is 78.4 Å². The molecule has 10 aliphatic rings. The number of phenolic OH excluding ortho intramolecular Hbond substituents is 2. The van der Waals surface area contributed by atoms with Crippen LogP contribution in [0.25, 0.3) is 22.8 Å². The number of H-pyrrole nitrogens is 2. The fourth-order valence-electron chi connectivity index (χ4n) is 17.6. The molecule has 16 rings (SSSR count). The zero-order valence-corrected chi connectivity index (χ0v) is 49.7. The second-order valence-electron chi connectivity index (χ2n) is 27.0. The predicted octanol–water partition coefficient (Wildman–Crippen LogP) is 10.6. The number of fused-ring (bicyclic) bond motifs is 8. The molecule has 0 amide bonds. The number of nitrogens with one attached hydrogen (secondary N) is 4. The molecule has 452 valence electrons. The summed E-state index contributed by atoms with van der Waals surface area (Å²) in [6, 6.07) is 24.7. The van der Waals surface area contributed by atoms with E-state index in [4.69, 9.17) is 4.74 Å². The molecule has 6 heterocycles. The molecule has 6 aliphatic carbocycles. The molecule has 2 aromatic heterocycles. The van der Waals surface area contributed by atoms with Crippen molar-refractivity contribution in [2.45, 2.75) is 163 Å². The maximum atomic E-state index is 16.9. The first kappa shape index (κ1) is 56.9. The summed E-state index contributed by atoms with van der Waals surface area (Å²) < 4.78 is 6.72. The number of ketones is 2. The summed E-state index contributed by atoms with van der Waals surface area (Å²) in [6.07, 6.45) is 14.0. The topological polar surface area (TPSA) is 220 Å². The third-order valence-electron chi connectivity index (χ3n) is 22.1. The van der Waals surface area contributed by atoms with E-state index in [0.717, 1.165) is 107 Å². The van der Waals surface area contributed by atoms with Gasteiger partial charge in [-0.2, -0.15) is 0 Å². The van der Waals surface area contributed by atoms with Gasteiger partial charge >= 0.3 is 0 Å². The molecule has 12 atom stereocenters. The van der Waals surface area contributed by atoms with Crippen molar-refractivity contribution in [3.63, 3.8) is 0 Å². The minimum Gasteiger partial charge on any atom is -0.507 e. The van der Waals surface area contributed by atoms with Gasteiger partial charge in [0.05, 0.1) is 35.6 Å². The van der Waals surface area contributed by atoms with E-state index in [2.05, 4.69) is 80.7 Å². The number of Topliss-reactive ketones (excluding diaryl/α,β-unsaturated/α-hetero) is 2. The van der Waals surface area contributed by atoms with E-state index in [0.29, 0.717) is 60.3 Å². The third-order valence-corrected chi connectivity index (χ3v) is 22.1. The summed E-state index contributed by atoms with van der Waals surface area (Å²) in [5, 5.41) is 83.8. The lowest BCUT2D eigenvalue weighted by Crippen LogP contribution is -2.54. The Bertz CT molecular complexity index is 3960. The number of aryl methyl sites for hydroxylation is 2. The fraction of sp³-hybridized carbons (Fsp3) is 0.440. The minimum absolute atomic E-state index is 0.0579. The molecule has 88 heavy (non-hydrogen) atoms. The van der Waals surface area contributed by atoms with Gasteiger partial charge in [0.2, 0.25) is 0 Å². The zero-order valence-electron chi connectivity index (χ0n) is 49.7. The smallest absolute Gasteiger partial charge is 0.163 e. The molecule has 4 aromatic carbocycles. The van der Waals surface area contributed by atoms with Crippen LogP contribution in [-0.2, 0) is 40.7 Å². The van der Waals surface area contributed by atoms with Crippen molar-refractivity contribution in [2.24, 2.45) is 29.6 Å². The average molecular weight is 1180 g/mol. The maximum absolute atomic E-state index is 16.9. The highest BCUT2D eigenvalue weighted by atomic mass is 16.5. The maximum Gasteiger partial charge on any atom is 0.163 e. The van der Waals surface area contributed by atoms with Crippen LogP contribution in [-0.4, -0.2) is 95.2 Å². The van der Waals surface area contributed by atoms with Crippen molar-refractivity contribution in [3.05, 3.63) is 164 Å². The first-order valence-electron chi connectivity index (χ1n) is 32.5. The van der Waals surface area contributed by atoms with Gasteiger partial charge in [0.1, 0.15) is 29.5 Å². The summed E-state index contributed by atoms with van der Waals surface area (Å²) in [6.45, 7) is 0.231. The summed E-state index contributed by atoms with van der Waals surface area (Å²) >= 11 is 0. The predicted molar refractivity (Wildman–Crippen MR) is 337 cm³/mol. The second kappa shape index (κ2) is 22.8. The van der Waals surface area contributed by atoms with E-state index < -0.39 is 65.3 Å². The summed E-state index contributed by atoms with van der Waals surface area (Å²) in [4.78, 5) is 39.6. The molecule has 1 spiro atoms. The quantitative estimate of drug-likeness (QED) is 0.0559. The molecule has 12 unspecified atom stereocenters. The number of hydrogen-bond acceptors (Lipinski definition) is 11. The number of aliphatic hydroxyl groups is 4. The summed E-state index contributed by atoms with van der Waals surface area (Å²) in [7, 11) is 0. The monoisotopic (exact) mass is 1180 g/mol. The van der Waals surface area contributed by atoms with Crippen LogP contribution in [0.15, 0.2) is 103 Å². The Labute approximate surface area is 514 Å². The van der Waals surface area contributed by atoms with Crippen molar-refractivity contribution in [2.75, 3.05) is 18.5 Å². The van der Waals surface area contributed by atoms with Crippen LogP contribution >= 0.6 is 0 Å². The Morgan fingerprint density at radius 3 is 2.47 bits per heavy atom. The molecule has 6 aromatic rings. The molecule has 4 aliphatic heterocycles. The lowest BCUT2D eigenvalue weighted by atomic mass is 9.61. The first-order chi connectivity index (χ1) is 42.9. The molecule has 0 radical (unpaired) electrons. The van der Waals surface area contributed by atoms with Crippen molar-refractivity contribution in [1.82, 2.24) is 15.3 Å². The Balaban J connectivity index is 1.03. The highest BCUT2D eigenvalue weighted by molar-refractivity contribution is 6.06. The molecule has 10 N–H and O–H groups in total. The molecule has 13 nitrogen and oxygen atoms in total. The van der Waals surface area contributed by atoms with Crippen molar-refractivity contribution in [3.8, 4) is 52.1 Å². The Morgan fingerprint density at radius 2 is 1.61 bits per heavy atom. The van der Waals surface area contributed by atoms with Gasteiger partial charge in [0.15, 0.2) is 17.3 Å². The van der Waals surface area contributed by atoms with Crippen LogP contribution < -0.4 is 15.4 Å². The lowest BCUT2D eigenvalue weighted by molar-refractivity contribution is -0.136. The van der Waals surface area contributed by atoms with Crippen LogP contribution in [0.5, 0.6) is 17.2 Å². The van der Waals surface area contributed by atoms with Gasteiger partial charge in [-0.1, -0.05) is 84.7 Å². The van der Waals surface area contributed by atoms with Crippen LogP contribution in [0.1, 0.15) is 163 Å². The number of benzene rings is 4. The van der Waals surface area contributed by atoms with E-state index in [1.807, 2.05) is 30.6 Å². The van der Waals surface area contributed by atoms with Gasteiger partial charge in [0.25, 0.3) is 0 Å². The second-order valence-corrected chi connectivity index (χ2v) is 27.0. The van der Waals surface area contributed by atoms with Crippen LogP contribution in [0.2, 0.25) is 0 Å². The first-order valence-corrected chi connectivity index (χ1v) is 32.5. The number of phenols is 2. The number of carbonyl (C=O) groups excluding carboxylic acids is 2. The number of rotatable bonds is 6.